The lowest BCUT2D eigenvalue weighted by Crippen LogP contribution is -2.37. The Morgan fingerprint density at radius 1 is 0.868 bits per heavy atom. The summed E-state index contributed by atoms with van der Waals surface area (Å²) in [6.45, 7) is 3.00. The Bertz CT molecular complexity index is 773. The number of carbonyl (C=O) groups excluding carboxylic acids is 2. The van der Waals surface area contributed by atoms with Gasteiger partial charge < -0.3 is 27.9 Å². The summed E-state index contributed by atoms with van der Waals surface area (Å²) in [4.78, 5) is 35.4. The van der Waals surface area contributed by atoms with E-state index in [0.717, 1.165) is 51.4 Å². The molecule has 2 unspecified atom stereocenters. The number of likely N-dealkylation sites (N-methyl/N-ethyl adjacent to an activating group) is 1. The molecule has 0 amide bonds. The Balaban J connectivity index is 4.14. The van der Waals surface area contributed by atoms with E-state index in [1.807, 2.05) is 21.1 Å². The number of carbonyl (C=O) groups is 2. The van der Waals surface area contributed by atoms with Crippen LogP contribution in [0, 0.1) is 0 Å². The molecule has 0 aliphatic heterocycles. The zero-order valence-electron chi connectivity index (χ0n) is 24.1. The minimum absolute atomic E-state index is 0.0382. The third-order valence-corrected chi connectivity index (χ3v) is 6.20. The minimum Gasteiger partial charge on any atom is -0.756 e. The van der Waals surface area contributed by atoms with Crippen LogP contribution in [0.2, 0.25) is 0 Å². The summed E-state index contributed by atoms with van der Waals surface area (Å²) in [5.74, 6) is -1.06. The van der Waals surface area contributed by atoms with E-state index >= 15 is 0 Å². The second-order valence-corrected chi connectivity index (χ2v) is 11.5. The van der Waals surface area contributed by atoms with Crippen molar-refractivity contribution in [3.8, 4) is 0 Å². The van der Waals surface area contributed by atoms with E-state index in [1.165, 1.54) is 6.92 Å². The van der Waals surface area contributed by atoms with Crippen molar-refractivity contribution >= 4 is 19.8 Å². The number of hydrogen-bond acceptors (Lipinski definition) is 8. The SMILES string of the molecule is CC/C=C\C/C=C\C/C=C\CCCCCCCC(=O)OC(COC(C)=O)COP(=O)([O-])OCC[N+](C)(C)C. The van der Waals surface area contributed by atoms with Crippen LogP contribution in [0.5, 0.6) is 0 Å². The molecule has 0 aliphatic carbocycles. The number of ether oxygens (including phenoxy) is 2. The van der Waals surface area contributed by atoms with E-state index in [9.17, 15) is 19.0 Å². The Morgan fingerprint density at radius 3 is 2.11 bits per heavy atom. The highest BCUT2D eigenvalue weighted by Crippen LogP contribution is 2.38. The molecular formula is C28H50NO8P. The van der Waals surface area contributed by atoms with Crippen LogP contribution in [-0.2, 0) is 32.7 Å². The number of nitrogens with zero attached hydrogens (tertiary/aromatic N) is 1. The van der Waals surface area contributed by atoms with Crippen LogP contribution in [0.4, 0.5) is 0 Å². The monoisotopic (exact) mass is 559 g/mol. The van der Waals surface area contributed by atoms with E-state index in [0.29, 0.717) is 17.4 Å². The Hall–Kier alpha value is -1.77. The van der Waals surface area contributed by atoms with Gasteiger partial charge in [0.1, 0.15) is 19.8 Å². The Labute approximate surface area is 230 Å². The molecular weight excluding hydrogens is 509 g/mol. The van der Waals surface area contributed by atoms with Gasteiger partial charge in [-0.25, -0.2) is 0 Å². The molecule has 0 aromatic rings. The molecule has 0 N–H and O–H groups in total. The first kappa shape index (κ1) is 36.2. The molecule has 0 saturated heterocycles. The standard InChI is InChI=1S/C28H50NO8P/c1-6-7-8-9-10-11-12-13-14-15-16-17-18-19-20-21-28(31)37-27(24-34-26(2)30)25-36-38(32,33)35-23-22-29(3,4)5/h7-8,10-11,13-14,27H,6,9,12,15-25H2,1-5H3/b8-7-,11-10-,14-13-. The Kier molecular flexibility index (Phi) is 21.1. The molecule has 0 aromatic carbocycles. The zero-order valence-corrected chi connectivity index (χ0v) is 25.0. The molecule has 9 nitrogen and oxygen atoms in total. The highest BCUT2D eigenvalue weighted by atomic mass is 31.2. The first-order chi connectivity index (χ1) is 17.9. The number of quaternary nitrogens is 1. The van der Waals surface area contributed by atoms with Crippen LogP contribution < -0.4 is 4.89 Å². The van der Waals surface area contributed by atoms with Gasteiger partial charge in [0, 0.05) is 13.3 Å². The summed E-state index contributed by atoms with van der Waals surface area (Å²) in [5.41, 5.74) is 0. The van der Waals surface area contributed by atoms with Crippen LogP contribution in [-0.4, -0.2) is 70.0 Å². The zero-order chi connectivity index (χ0) is 28.7. The van der Waals surface area contributed by atoms with Gasteiger partial charge >= 0.3 is 11.9 Å². The maximum atomic E-state index is 12.2. The van der Waals surface area contributed by atoms with Gasteiger partial charge in [-0.2, -0.15) is 0 Å². The van der Waals surface area contributed by atoms with Gasteiger partial charge in [-0.15, -0.1) is 0 Å². The fourth-order valence-electron chi connectivity index (χ4n) is 3.10. The summed E-state index contributed by atoms with van der Waals surface area (Å²) in [6.07, 6.45) is 21.1. The molecule has 0 fully saturated rings. The lowest BCUT2D eigenvalue weighted by molar-refractivity contribution is -0.870. The highest BCUT2D eigenvalue weighted by molar-refractivity contribution is 7.45. The number of esters is 2. The molecule has 38 heavy (non-hydrogen) atoms. The van der Waals surface area contributed by atoms with Crippen molar-refractivity contribution in [1.82, 2.24) is 0 Å². The van der Waals surface area contributed by atoms with E-state index in [2.05, 4.69) is 43.4 Å². The van der Waals surface area contributed by atoms with E-state index in [-0.39, 0.29) is 19.6 Å². The third-order valence-electron chi connectivity index (χ3n) is 5.23. The van der Waals surface area contributed by atoms with Gasteiger partial charge in [-0.3, -0.25) is 14.2 Å². The molecule has 0 rings (SSSR count). The van der Waals surface area contributed by atoms with Crippen LogP contribution in [0.1, 0.15) is 78.1 Å². The maximum absolute atomic E-state index is 12.2. The largest absolute Gasteiger partial charge is 0.756 e. The molecule has 0 spiro atoms. The van der Waals surface area contributed by atoms with Crippen LogP contribution >= 0.6 is 7.82 Å². The van der Waals surface area contributed by atoms with Crippen molar-refractivity contribution in [1.29, 1.82) is 0 Å². The molecule has 0 aromatic heterocycles. The summed E-state index contributed by atoms with van der Waals surface area (Å²) in [7, 11) is 1.13. The van der Waals surface area contributed by atoms with Gasteiger partial charge in [0.05, 0.1) is 27.7 Å². The number of phosphoric acid groups is 1. The van der Waals surface area contributed by atoms with Crippen LogP contribution in [0.3, 0.4) is 0 Å². The quantitative estimate of drug-likeness (QED) is 0.0548. The summed E-state index contributed by atoms with van der Waals surface area (Å²) in [6, 6.07) is 0. The molecule has 2 atom stereocenters. The fourth-order valence-corrected chi connectivity index (χ4v) is 3.83. The summed E-state index contributed by atoms with van der Waals surface area (Å²) >= 11 is 0. The smallest absolute Gasteiger partial charge is 0.306 e. The molecule has 10 heteroatoms. The topological polar surface area (TPSA) is 111 Å². The van der Waals surface area contributed by atoms with Crippen molar-refractivity contribution in [3.05, 3.63) is 36.5 Å². The average molecular weight is 560 g/mol. The van der Waals surface area contributed by atoms with Gasteiger partial charge in [-0.1, -0.05) is 62.6 Å². The number of hydrogen-bond donors (Lipinski definition) is 0. The van der Waals surface area contributed by atoms with Gasteiger partial charge in [0.15, 0.2) is 6.10 Å². The molecule has 220 valence electrons. The van der Waals surface area contributed by atoms with Crippen molar-refractivity contribution in [3.63, 3.8) is 0 Å². The predicted molar refractivity (Wildman–Crippen MR) is 148 cm³/mol. The van der Waals surface area contributed by atoms with Crippen molar-refractivity contribution < 1.29 is 42.1 Å². The summed E-state index contributed by atoms with van der Waals surface area (Å²) < 4.78 is 32.4. The number of phosphoric ester groups is 1. The van der Waals surface area contributed by atoms with Crippen LogP contribution in [0.15, 0.2) is 36.5 Å². The molecule has 0 saturated carbocycles. The van der Waals surface area contributed by atoms with E-state index < -0.39 is 32.5 Å². The molecule has 0 heterocycles. The van der Waals surface area contributed by atoms with Crippen LogP contribution in [0.25, 0.3) is 0 Å². The second kappa shape index (κ2) is 22.1. The fraction of sp³-hybridized carbons (Fsp3) is 0.714. The number of unbranched alkanes of at least 4 members (excludes halogenated alkanes) is 5. The normalized spacial score (nSPS) is 14.8. The lowest BCUT2D eigenvalue weighted by atomic mass is 10.1. The second-order valence-electron chi connectivity index (χ2n) is 10.1. The Morgan fingerprint density at radius 2 is 1.47 bits per heavy atom. The van der Waals surface area contributed by atoms with Gasteiger partial charge in [0.2, 0.25) is 0 Å². The molecule has 0 radical (unpaired) electrons. The van der Waals surface area contributed by atoms with Gasteiger partial charge in [0.25, 0.3) is 7.82 Å². The van der Waals surface area contributed by atoms with Crippen molar-refractivity contribution in [2.24, 2.45) is 0 Å². The van der Waals surface area contributed by atoms with Crippen molar-refractivity contribution in [2.45, 2.75) is 84.2 Å². The highest BCUT2D eigenvalue weighted by Gasteiger charge is 2.21. The minimum atomic E-state index is -4.58. The lowest BCUT2D eigenvalue weighted by Gasteiger charge is -2.28. The van der Waals surface area contributed by atoms with Gasteiger partial charge in [-0.05, 0) is 38.5 Å². The van der Waals surface area contributed by atoms with E-state index in [1.54, 1.807) is 0 Å². The summed E-state index contributed by atoms with van der Waals surface area (Å²) in [5, 5.41) is 0. The molecule has 0 bridgehead atoms. The maximum Gasteiger partial charge on any atom is 0.306 e. The predicted octanol–water partition coefficient (Wildman–Crippen LogP) is 5.26. The first-order valence-electron chi connectivity index (χ1n) is 13.6. The van der Waals surface area contributed by atoms with Crippen molar-refractivity contribution in [2.75, 3.05) is 47.5 Å². The van der Waals surface area contributed by atoms with E-state index in [4.69, 9.17) is 18.5 Å². The first-order valence-corrected chi connectivity index (χ1v) is 15.1. The number of rotatable bonds is 23. The molecule has 0 aliphatic rings. The third kappa shape index (κ3) is 25.9. The average Bonchev–Trinajstić information content (AvgIpc) is 2.82. The number of allylic oxidation sites excluding steroid dienone is 6.